The fourth-order valence-corrected chi connectivity index (χ4v) is 2.82. The van der Waals surface area contributed by atoms with Gasteiger partial charge in [0, 0.05) is 31.6 Å². The molecular formula is C16H28N4O. The van der Waals surface area contributed by atoms with E-state index in [2.05, 4.69) is 25.9 Å². The molecule has 118 valence electrons. The lowest BCUT2D eigenvalue weighted by atomic mass is 9.91. The van der Waals surface area contributed by atoms with Crippen molar-refractivity contribution in [3.8, 4) is 0 Å². The van der Waals surface area contributed by atoms with Crippen LogP contribution in [0.1, 0.15) is 56.7 Å². The molecule has 2 atom stereocenters. The van der Waals surface area contributed by atoms with Gasteiger partial charge >= 0.3 is 0 Å². The molecular weight excluding hydrogens is 264 g/mol. The zero-order valence-corrected chi connectivity index (χ0v) is 13.9. The molecule has 2 heterocycles. The summed E-state index contributed by atoms with van der Waals surface area (Å²) in [6, 6.07) is 2.06. The molecule has 1 amide bonds. The molecule has 1 aliphatic heterocycles. The summed E-state index contributed by atoms with van der Waals surface area (Å²) in [6.07, 6.45) is 2.14. The standard InChI is InChI=1S/C16H28N4O/c1-11(17)12-7-6-8-20(10-12)15(21)13-9-14(16(2,3)4)18-19(13)5/h9,11-12H,6-8,10,17H2,1-5H3. The van der Waals surface area contributed by atoms with Crippen LogP contribution in [0.5, 0.6) is 0 Å². The van der Waals surface area contributed by atoms with Crippen LogP contribution in [0.2, 0.25) is 0 Å². The SMILES string of the molecule is CC(N)C1CCCN(C(=O)c2cc(C(C)(C)C)nn2C)C1. The van der Waals surface area contributed by atoms with E-state index in [0.717, 1.165) is 31.6 Å². The molecule has 1 aromatic heterocycles. The molecule has 21 heavy (non-hydrogen) atoms. The number of nitrogens with two attached hydrogens (primary N) is 1. The lowest BCUT2D eigenvalue weighted by molar-refractivity contribution is 0.0650. The van der Waals surface area contributed by atoms with Crippen LogP contribution in [-0.2, 0) is 12.5 Å². The predicted octanol–water partition coefficient (Wildman–Crippen LogP) is 1.92. The summed E-state index contributed by atoms with van der Waals surface area (Å²) in [4.78, 5) is 14.7. The number of piperidine rings is 1. The number of rotatable bonds is 2. The van der Waals surface area contributed by atoms with Gasteiger partial charge in [-0.05, 0) is 31.7 Å². The Hall–Kier alpha value is -1.36. The van der Waals surface area contributed by atoms with Gasteiger partial charge in [-0.15, -0.1) is 0 Å². The Morgan fingerprint density at radius 2 is 2.14 bits per heavy atom. The number of carbonyl (C=O) groups excluding carboxylic acids is 1. The van der Waals surface area contributed by atoms with Crippen LogP contribution in [0.15, 0.2) is 6.07 Å². The number of carbonyl (C=O) groups is 1. The number of hydrogen-bond acceptors (Lipinski definition) is 3. The number of hydrogen-bond donors (Lipinski definition) is 1. The van der Waals surface area contributed by atoms with Crippen molar-refractivity contribution in [2.45, 2.75) is 52.0 Å². The summed E-state index contributed by atoms with van der Waals surface area (Å²) in [5.41, 5.74) is 7.58. The third-order valence-corrected chi connectivity index (χ3v) is 4.36. The van der Waals surface area contributed by atoms with Crippen LogP contribution in [0.4, 0.5) is 0 Å². The summed E-state index contributed by atoms with van der Waals surface area (Å²) in [5, 5.41) is 4.50. The minimum atomic E-state index is -0.0491. The number of aryl methyl sites for hydroxylation is 1. The molecule has 1 aliphatic rings. The Balaban J connectivity index is 2.18. The van der Waals surface area contributed by atoms with Gasteiger partial charge in [-0.1, -0.05) is 20.8 Å². The third kappa shape index (κ3) is 3.46. The third-order valence-electron chi connectivity index (χ3n) is 4.36. The van der Waals surface area contributed by atoms with Crippen molar-refractivity contribution in [1.29, 1.82) is 0 Å². The number of nitrogens with zero attached hydrogens (tertiary/aromatic N) is 3. The van der Waals surface area contributed by atoms with Crippen LogP contribution in [0, 0.1) is 5.92 Å². The van der Waals surface area contributed by atoms with E-state index in [1.807, 2.05) is 24.9 Å². The number of amides is 1. The molecule has 1 saturated heterocycles. The first-order valence-electron chi connectivity index (χ1n) is 7.79. The van der Waals surface area contributed by atoms with Gasteiger partial charge in [0.05, 0.1) is 5.69 Å². The quantitative estimate of drug-likeness (QED) is 0.905. The van der Waals surface area contributed by atoms with Crippen molar-refractivity contribution < 1.29 is 4.79 Å². The van der Waals surface area contributed by atoms with Gasteiger partial charge in [-0.2, -0.15) is 5.10 Å². The second kappa shape index (κ2) is 5.79. The lowest BCUT2D eigenvalue weighted by Crippen LogP contribution is -2.45. The van der Waals surface area contributed by atoms with Crippen molar-refractivity contribution in [2.75, 3.05) is 13.1 Å². The highest BCUT2D eigenvalue weighted by Crippen LogP contribution is 2.24. The van der Waals surface area contributed by atoms with Crippen molar-refractivity contribution in [3.63, 3.8) is 0 Å². The Morgan fingerprint density at radius 3 is 2.67 bits per heavy atom. The summed E-state index contributed by atoms with van der Waals surface area (Å²) in [7, 11) is 1.84. The average molecular weight is 292 g/mol. The fourth-order valence-electron chi connectivity index (χ4n) is 2.82. The lowest BCUT2D eigenvalue weighted by Gasteiger charge is -2.34. The van der Waals surface area contributed by atoms with Gasteiger partial charge in [-0.25, -0.2) is 0 Å². The second-order valence-corrected chi connectivity index (χ2v) is 7.30. The molecule has 2 unspecified atom stereocenters. The molecule has 1 fully saturated rings. The zero-order chi connectivity index (χ0) is 15.8. The second-order valence-electron chi connectivity index (χ2n) is 7.30. The van der Waals surface area contributed by atoms with E-state index in [1.165, 1.54) is 0 Å². The van der Waals surface area contributed by atoms with E-state index in [4.69, 9.17) is 5.73 Å². The van der Waals surface area contributed by atoms with Gasteiger partial charge in [0.2, 0.25) is 0 Å². The van der Waals surface area contributed by atoms with E-state index in [-0.39, 0.29) is 17.4 Å². The molecule has 5 nitrogen and oxygen atoms in total. The Morgan fingerprint density at radius 1 is 1.48 bits per heavy atom. The first kappa shape index (κ1) is 16.0. The first-order chi connectivity index (χ1) is 9.70. The molecule has 0 aromatic carbocycles. The minimum Gasteiger partial charge on any atom is -0.337 e. The average Bonchev–Trinajstić information content (AvgIpc) is 2.80. The summed E-state index contributed by atoms with van der Waals surface area (Å²) in [6.45, 7) is 9.93. The Labute approximate surface area is 127 Å². The maximum absolute atomic E-state index is 12.8. The van der Waals surface area contributed by atoms with Gasteiger partial charge in [0.1, 0.15) is 5.69 Å². The Bertz CT molecular complexity index is 513. The highest BCUT2D eigenvalue weighted by Gasteiger charge is 2.29. The van der Waals surface area contributed by atoms with Crippen LogP contribution in [0.3, 0.4) is 0 Å². The van der Waals surface area contributed by atoms with Gasteiger partial charge in [0.15, 0.2) is 0 Å². The van der Waals surface area contributed by atoms with E-state index in [9.17, 15) is 4.79 Å². The molecule has 0 bridgehead atoms. The van der Waals surface area contributed by atoms with Crippen molar-refractivity contribution in [2.24, 2.45) is 18.7 Å². The summed E-state index contributed by atoms with van der Waals surface area (Å²) >= 11 is 0. The van der Waals surface area contributed by atoms with E-state index < -0.39 is 0 Å². The minimum absolute atomic E-state index is 0.0491. The molecule has 1 aromatic rings. The van der Waals surface area contributed by atoms with Crippen LogP contribution >= 0.6 is 0 Å². The number of aromatic nitrogens is 2. The first-order valence-corrected chi connectivity index (χ1v) is 7.79. The van der Waals surface area contributed by atoms with Crippen LogP contribution in [-0.4, -0.2) is 39.7 Å². The molecule has 2 rings (SSSR count). The molecule has 0 spiro atoms. The largest absolute Gasteiger partial charge is 0.337 e. The van der Waals surface area contributed by atoms with Gasteiger partial charge < -0.3 is 10.6 Å². The van der Waals surface area contributed by atoms with Gasteiger partial charge in [-0.3, -0.25) is 9.48 Å². The van der Waals surface area contributed by atoms with Crippen molar-refractivity contribution in [1.82, 2.24) is 14.7 Å². The number of likely N-dealkylation sites (tertiary alicyclic amines) is 1. The zero-order valence-electron chi connectivity index (χ0n) is 13.9. The smallest absolute Gasteiger partial charge is 0.272 e. The van der Waals surface area contributed by atoms with Crippen LogP contribution in [0.25, 0.3) is 0 Å². The van der Waals surface area contributed by atoms with E-state index in [0.29, 0.717) is 11.6 Å². The molecule has 5 heteroatoms. The monoisotopic (exact) mass is 292 g/mol. The molecule has 0 radical (unpaired) electrons. The normalized spacial score (nSPS) is 21.4. The van der Waals surface area contributed by atoms with Crippen molar-refractivity contribution in [3.05, 3.63) is 17.5 Å². The maximum Gasteiger partial charge on any atom is 0.272 e. The van der Waals surface area contributed by atoms with E-state index >= 15 is 0 Å². The summed E-state index contributed by atoms with van der Waals surface area (Å²) in [5.74, 6) is 0.476. The molecule has 0 saturated carbocycles. The highest BCUT2D eigenvalue weighted by molar-refractivity contribution is 5.92. The maximum atomic E-state index is 12.8. The van der Waals surface area contributed by atoms with Crippen molar-refractivity contribution >= 4 is 5.91 Å². The molecule has 2 N–H and O–H groups in total. The van der Waals surface area contributed by atoms with Gasteiger partial charge in [0.25, 0.3) is 5.91 Å². The van der Waals surface area contributed by atoms with Crippen LogP contribution < -0.4 is 5.73 Å². The molecule has 0 aliphatic carbocycles. The summed E-state index contributed by atoms with van der Waals surface area (Å²) < 4.78 is 1.71. The predicted molar refractivity (Wildman–Crippen MR) is 84.2 cm³/mol. The Kier molecular flexibility index (Phi) is 4.42. The van der Waals surface area contributed by atoms with E-state index in [1.54, 1.807) is 4.68 Å². The highest BCUT2D eigenvalue weighted by atomic mass is 16.2. The topological polar surface area (TPSA) is 64.2 Å². The fraction of sp³-hybridized carbons (Fsp3) is 0.750.